The Balaban J connectivity index is 4.10. The summed E-state index contributed by atoms with van der Waals surface area (Å²) in [6, 6.07) is 0.704. The van der Waals surface area contributed by atoms with Gasteiger partial charge in [0.2, 0.25) is 0 Å². The zero-order valence-corrected chi connectivity index (χ0v) is 9.79. The molecule has 84 valence electrons. The molecule has 0 aliphatic heterocycles. The van der Waals surface area contributed by atoms with Gasteiger partial charge in [0.25, 0.3) is 0 Å². The molecule has 1 unspecified atom stereocenters. The molecule has 0 rings (SSSR count). The van der Waals surface area contributed by atoms with E-state index in [4.69, 9.17) is 5.11 Å². The lowest BCUT2D eigenvalue weighted by Gasteiger charge is -2.32. The highest BCUT2D eigenvalue weighted by atomic mass is 16.3. The zero-order chi connectivity index (χ0) is 11.1. The Morgan fingerprint density at radius 1 is 1.36 bits per heavy atom. The van der Waals surface area contributed by atoms with Crippen molar-refractivity contribution < 1.29 is 9.90 Å². The van der Waals surface area contributed by atoms with Crippen LogP contribution in [0.15, 0.2) is 0 Å². The number of hydrogen-bond donors (Lipinski definition) is 1. The second-order valence-corrected chi connectivity index (χ2v) is 4.16. The molecule has 3 nitrogen and oxygen atoms in total. The predicted molar refractivity (Wildman–Crippen MR) is 58.3 cm³/mol. The molecule has 0 aliphatic rings. The third-order valence-corrected chi connectivity index (χ3v) is 2.39. The molecule has 0 aromatic rings. The van der Waals surface area contributed by atoms with Gasteiger partial charge in [-0.05, 0) is 34.1 Å². The van der Waals surface area contributed by atoms with Gasteiger partial charge in [-0.2, -0.15) is 0 Å². The molecular weight excluding hydrogens is 178 g/mol. The van der Waals surface area contributed by atoms with Crippen molar-refractivity contribution in [3.05, 3.63) is 0 Å². The maximum atomic E-state index is 11.0. The molecule has 0 aliphatic carbocycles. The van der Waals surface area contributed by atoms with Crippen molar-refractivity contribution in [2.45, 2.75) is 52.6 Å². The summed E-state index contributed by atoms with van der Waals surface area (Å²) in [7, 11) is 0. The van der Waals surface area contributed by atoms with E-state index in [2.05, 4.69) is 25.7 Å². The van der Waals surface area contributed by atoms with Crippen molar-refractivity contribution in [1.82, 2.24) is 4.90 Å². The van der Waals surface area contributed by atoms with E-state index in [9.17, 15) is 4.79 Å². The number of nitrogens with zero attached hydrogens (tertiary/aromatic N) is 1. The fourth-order valence-corrected chi connectivity index (χ4v) is 1.77. The van der Waals surface area contributed by atoms with Crippen molar-refractivity contribution in [2.75, 3.05) is 13.2 Å². The van der Waals surface area contributed by atoms with Gasteiger partial charge in [0.05, 0.1) is 0 Å². The van der Waals surface area contributed by atoms with Crippen molar-refractivity contribution >= 4 is 5.78 Å². The molecular formula is C11H23NO2. The van der Waals surface area contributed by atoms with Crippen LogP contribution in [0.1, 0.15) is 40.5 Å². The molecule has 1 N–H and O–H groups in total. The first-order valence-electron chi connectivity index (χ1n) is 5.35. The van der Waals surface area contributed by atoms with Gasteiger partial charge < -0.3 is 5.11 Å². The molecule has 0 radical (unpaired) electrons. The number of aliphatic hydroxyl groups excluding tert-OH is 1. The van der Waals surface area contributed by atoms with Crippen LogP contribution >= 0.6 is 0 Å². The minimum absolute atomic E-state index is 0.218. The van der Waals surface area contributed by atoms with Gasteiger partial charge in [-0.3, -0.25) is 9.69 Å². The lowest BCUT2D eigenvalue weighted by Crippen LogP contribution is -2.40. The van der Waals surface area contributed by atoms with Gasteiger partial charge in [0, 0.05) is 31.7 Å². The number of ketones is 1. The number of rotatable bonds is 7. The molecule has 0 bridgehead atoms. The fourth-order valence-electron chi connectivity index (χ4n) is 1.77. The van der Waals surface area contributed by atoms with E-state index in [0.29, 0.717) is 12.5 Å². The maximum Gasteiger partial charge on any atom is 0.131 e. The van der Waals surface area contributed by atoms with E-state index in [1.165, 1.54) is 0 Å². The van der Waals surface area contributed by atoms with E-state index in [1.807, 2.05) is 0 Å². The predicted octanol–water partition coefficient (Wildman–Crippen LogP) is 1.45. The van der Waals surface area contributed by atoms with Crippen LogP contribution in [0.3, 0.4) is 0 Å². The van der Waals surface area contributed by atoms with Gasteiger partial charge in [-0.15, -0.1) is 0 Å². The van der Waals surface area contributed by atoms with Crippen LogP contribution in [0, 0.1) is 0 Å². The minimum atomic E-state index is 0.218. The SMILES string of the molecule is CC(=O)CC(C)N(CCCO)C(C)C. The molecule has 0 aromatic carbocycles. The van der Waals surface area contributed by atoms with Crippen LogP contribution in [0.5, 0.6) is 0 Å². The summed E-state index contributed by atoms with van der Waals surface area (Å²) in [6.07, 6.45) is 1.38. The summed E-state index contributed by atoms with van der Waals surface area (Å²) in [5.74, 6) is 0.229. The Morgan fingerprint density at radius 2 is 1.93 bits per heavy atom. The highest BCUT2D eigenvalue weighted by molar-refractivity contribution is 5.76. The molecule has 0 saturated carbocycles. The van der Waals surface area contributed by atoms with Crippen LogP contribution in [-0.4, -0.2) is 41.0 Å². The lowest BCUT2D eigenvalue weighted by molar-refractivity contribution is -0.118. The van der Waals surface area contributed by atoms with Crippen LogP contribution in [-0.2, 0) is 4.79 Å². The molecule has 0 saturated heterocycles. The average molecular weight is 201 g/mol. The summed E-state index contributed by atoms with van der Waals surface area (Å²) < 4.78 is 0. The van der Waals surface area contributed by atoms with Crippen molar-refractivity contribution in [1.29, 1.82) is 0 Å². The van der Waals surface area contributed by atoms with Gasteiger partial charge in [-0.1, -0.05) is 0 Å². The number of carbonyl (C=O) groups is 1. The highest BCUT2D eigenvalue weighted by Gasteiger charge is 2.17. The smallest absolute Gasteiger partial charge is 0.131 e. The topological polar surface area (TPSA) is 40.5 Å². The zero-order valence-electron chi connectivity index (χ0n) is 9.79. The maximum absolute atomic E-state index is 11.0. The highest BCUT2D eigenvalue weighted by Crippen LogP contribution is 2.09. The molecule has 0 heterocycles. The van der Waals surface area contributed by atoms with Gasteiger partial charge >= 0.3 is 0 Å². The Bertz CT molecular complexity index is 169. The van der Waals surface area contributed by atoms with Gasteiger partial charge in [-0.25, -0.2) is 0 Å². The van der Waals surface area contributed by atoms with Gasteiger partial charge in [0.15, 0.2) is 0 Å². The third-order valence-electron chi connectivity index (χ3n) is 2.39. The summed E-state index contributed by atoms with van der Waals surface area (Å²) in [5.41, 5.74) is 0. The van der Waals surface area contributed by atoms with E-state index >= 15 is 0 Å². The summed E-state index contributed by atoms with van der Waals surface area (Å²) in [5, 5.41) is 8.77. The molecule has 1 atom stereocenters. The third kappa shape index (κ3) is 5.35. The van der Waals surface area contributed by atoms with Crippen LogP contribution in [0.2, 0.25) is 0 Å². The minimum Gasteiger partial charge on any atom is -0.396 e. The first-order chi connectivity index (χ1) is 6.49. The number of aliphatic hydroxyl groups is 1. The van der Waals surface area contributed by atoms with E-state index in [1.54, 1.807) is 6.92 Å². The molecule has 0 fully saturated rings. The molecule has 3 heteroatoms. The van der Waals surface area contributed by atoms with Crippen molar-refractivity contribution in [2.24, 2.45) is 0 Å². The fraction of sp³-hybridized carbons (Fsp3) is 0.909. The normalized spacial score (nSPS) is 13.6. The number of Topliss-reactive ketones (excluding diaryl/α,β-unsaturated/α-hetero) is 1. The summed E-state index contributed by atoms with van der Waals surface area (Å²) in [4.78, 5) is 13.2. The standard InChI is InChI=1S/C11H23NO2/c1-9(2)12(6-5-7-13)10(3)8-11(4)14/h9-10,13H,5-8H2,1-4H3. The quantitative estimate of drug-likeness (QED) is 0.677. The Morgan fingerprint density at radius 3 is 2.29 bits per heavy atom. The lowest BCUT2D eigenvalue weighted by atomic mass is 10.1. The Kier molecular flexibility index (Phi) is 6.75. The largest absolute Gasteiger partial charge is 0.396 e. The Labute approximate surface area is 87.1 Å². The average Bonchev–Trinajstić information content (AvgIpc) is 2.02. The second kappa shape index (κ2) is 6.96. The monoisotopic (exact) mass is 201 g/mol. The van der Waals surface area contributed by atoms with Gasteiger partial charge in [0.1, 0.15) is 5.78 Å². The molecule has 0 spiro atoms. The first kappa shape index (κ1) is 13.6. The van der Waals surface area contributed by atoms with E-state index < -0.39 is 0 Å². The van der Waals surface area contributed by atoms with Crippen LogP contribution in [0.25, 0.3) is 0 Å². The van der Waals surface area contributed by atoms with Crippen molar-refractivity contribution in [3.8, 4) is 0 Å². The number of carbonyl (C=O) groups excluding carboxylic acids is 1. The first-order valence-corrected chi connectivity index (χ1v) is 5.35. The summed E-state index contributed by atoms with van der Waals surface area (Å²) >= 11 is 0. The number of hydrogen-bond acceptors (Lipinski definition) is 3. The van der Waals surface area contributed by atoms with E-state index in [0.717, 1.165) is 13.0 Å². The Hall–Kier alpha value is -0.410. The molecule has 0 amide bonds. The molecule has 14 heavy (non-hydrogen) atoms. The van der Waals surface area contributed by atoms with Crippen LogP contribution in [0.4, 0.5) is 0 Å². The van der Waals surface area contributed by atoms with E-state index in [-0.39, 0.29) is 18.4 Å². The van der Waals surface area contributed by atoms with Crippen LogP contribution < -0.4 is 0 Å². The molecule has 0 aromatic heterocycles. The second-order valence-electron chi connectivity index (χ2n) is 4.16. The van der Waals surface area contributed by atoms with Crippen molar-refractivity contribution in [3.63, 3.8) is 0 Å². The summed E-state index contributed by atoms with van der Waals surface area (Å²) in [6.45, 7) is 9.01.